The van der Waals surface area contributed by atoms with Gasteiger partial charge in [-0.3, -0.25) is 9.48 Å². The summed E-state index contributed by atoms with van der Waals surface area (Å²) in [5.74, 6) is -0.270. The Morgan fingerprint density at radius 1 is 1.47 bits per heavy atom. The van der Waals surface area contributed by atoms with Crippen LogP contribution in [0.1, 0.15) is 10.5 Å². The number of hydrogen-bond acceptors (Lipinski definition) is 2. The number of halogens is 2. The lowest BCUT2D eigenvalue weighted by Gasteiger charge is -2.06. The van der Waals surface area contributed by atoms with E-state index in [9.17, 15) is 4.79 Å². The summed E-state index contributed by atoms with van der Waals surface area (Å²) in [6.07, 6.45) is 1.71. The van der Waals surface area contributed by atoms with E-state index in [0.29, 0.717) is 20.9 Å². The van der Waals surface area contributed by atoms with Crippen LogP contribution in [0, 0.1) is 0 Å². The number of rotatable bonds is 2. The SMILES string of the molecule is Cn1ccc(C(=O)Nc2cccc(Cl)c2Br)n1. The van der Waals surface area contributed by atoms with Gasteiger partial charge in [0.2, 0.25) is 0 Å². The average molecular weight is 315 g/mol. The highest BCUT2D eigenvalue weighted by atomic mass is 79.9. The highest BCUT2D eigenvalue weighted by Gasteiger charge is 2.11. The number of carbonyl (C=O) groups is 1. The second-order valence-electron chi connectivity index (χ2n) is 3.43. The molecular weight excluding hydrogens is 305 g/mol. The van der Waals surface area contributed by atoms with Gasteiger partial charge in [0.05, 0.1) is 15.2 Å². The number of nitrogens with zero attached hydrogens (tertiary/aromatic N) is 2. The van der Waals surface area contributed by atoms with Crippen LogP contribution >= 0.6 is 27.5 Å². The average Bonchev–Trinajstić information content (AvgIpc) is 2.72. The van der Waals surface area contributed by atoms with E-state index in [-0.39, 0.29) is 5.91 Å². The van der Waals surface area contributed by atoms with Crippen LogP contribution < -0.4 is 5.32 Å². The summed E-state index contributed by atoms with van der Waals surface area (Å²) in [6, 6.07) is 6.91. The molecule has 6 heteroatoms. The third-order valence-corrected chi connectivity index (χ3v) is 3.54. The zero-order valence-corrected chi connectivity index (χ0v) is 11.3. The minimum absolute atomic E-state index is 0.270. The number of amides is 1. The number of anilines is 1. The van der Waals surface area contributed by atoms with Gasteiger partial charge in [0.1, 0.15) is 0 Å². The highest BCUT2D eigenvalue weighted by Crippen LogP contribution is 2.30. The topological polar surface area (TPSA) is 46.9 Å². The molecule has 0 atom stereocenters. The fourth-order valence-electron chi connectivity index (χ4n) is 1.32. The second-order valence-corrected chi connectivity index (χ2v) is 4.63. The molecule has 0 aliphatic heterocycles. The first-order valence-corrected chi connectivity index (χ1v) is 6.00. The predicted octanol–water partition coefficient (Wildman–Crippen LogP) is 3.09. The van der Waals surface area contributed by atoms with Crippen molar-refractivity contribution < 1.29 is 4.79 Å². The molecule has 0 aliphatic rings. The zero-order chi connectivity index (χ0) is 12.4. The maximum atomic E-state index is 11.8. The standard InChI is InChI=1S/C11H9BrClN3O/c1-16-6-5-9(15-16)11(17)14-8-4-2-3-7(13)10(8)12/h2-6H,1H3,(H,14,17). The summed E-state index contributed by atoms with van der Waals surface area (Å²) in [4.78, 5) is 11.8. The summed E-state index contributed by atoms with van der Waals surface area (Å²) in [6.45, 7) is 0. The minimum atomic E-state index is -0.270. The molecule has 0 saturated heterocycles. The molecule has 1 aromatic heterocycles. The third kappa shape index (κ3) is 2.68. The lowest BCUT2D eigenvalue weighted by atomic mass is 10.3. The maximum Gasteiger partial charge on any atom is 0.276 e. The smallest absolute Gasteiger partial charge is 0.276 e. The monoisotopic (exact) mass is 313 g/mol. The number of carbonyl (C=O) groups excluding carboxylic acids is 1. The van der Waals surface area contributed by atoms with Gasteiger partial charge in [0, 0.05) is 13.2 Å². The van der Waals surface area contributed by atoms with E-state index in [1.165, 1.54) is 0 Å². The van der Waals surface area contributed by atoms with Crippen LogP contribution in [0.4, 0.5) is 5.69 Å². The van der Waals surface area contributed by atoms with Crippen molar-refractivity contribution in [3.05, 3.63) is 45.7 Å². The summed E-state index contributed by atoms with van der Waals surface area (Å²) < 4.78 is 2.23. The Bertz CT molecular complexity index is 568. The van der Waals surface area contributed by atoms with Crippen LogP contribution in [-0.2, 0) is 7.05 Å². The van der Waals surface area contributed by atoms with Gasteiger partial charge < -0.3 is 5.32 Å². The molecule has 1 heterocycles. The molecule has 0 fully saturated rings. The van der Waals surface area contributed by atoms with Crippen molar-refractivity contribution in [2.45, 2.75) is 0 Å². The van der Waals surface area contributed by atoms with Gasteiger partial charge >= 0.3 is 0 Å². The van der Waals surface area contributed by atoms with Crippen molar-refractivity contribution in [3.8, 4) is 0 Å². The van der Waals surface area contributed by atoms with E-state index in [0.717, 1.165) is 0 Å². The molecule has 0 aliphatic carbocycles. The zero-order valence-electron chi connectivity index (χ0n) is 8.95. The molecule has 88 valence electrons. The number of hydrogen-bond donors (Lipinski definition) is 1. The first-order chi connectivity index (χ1) is 8.08. The van der Waals surface area contributed by atoms with Crippen molar-refractivity contribution in [2.24, 2.45) is 7.05 Å². The molecular formula is C11H9BrClN3O. The van der Waals surface area contributed by atoms with Gasteiger partial charge in [-0.05, 0) is 34.1 Å². The fourth-order valence-corrected chi connectivity index (χ4v) is 1.86. The molecule has 1 amide bonds. The molecule has 4 nitrogen and oxygen atoms in total. The summed E-state index contributed by atoms with van der Waals surface area (Å²) >= 11 is 9.24. The highest BCUT2D eigenvalue weighted by molar-refractivity contribution is 9.10. The normalized spacial score (nSPS) is 10.3. The van der Waals surface area contributed by atoms with E-state index < -0.39 is 0 Å². The lowest BCUT2D eigenvalue weighted by molar-refractivity contribution is 0.102. The fraction of sp³-hybridized carbons (Fsp3) is 0.0909. The Labute approximate surface area is 112 Å². The molecule has 0 spiro atoms. The van der Waals surface area contributed by atoms with Crippen LogP contribution in [-0.4, -0.2) is 15.7 Å². The van der Waals surface area contributed by atoms with Gasteiger partial charge in [-0.15, -0.1) is 0 Å². The molecule has 1 aromatic carbocycles. The quantitative estimate of drug-likeness (QED) is 0.926. The van der Waals surface area contributed by atoms with Crippen molar-refractivity contribution in [1.82, 2.24) is 9.78 Å². The third-order valence-electron chi connectivity index (χ3n) is 2.15. The van der Waals surface area contributed by atoms with Gasteiger partial charge in [0.25, 0.3) is 5.91 Å². The van der Waals surface area contributed by atoms with Crippen molar-refractivity contribution >= 4 is 39.1 Å². The first kappa shape index (κ1) is 12.1. The molecule has 2 rings (SSSR count). The molecule has 17 heavy (non-hydrogen) atoms. The molecule has 0 unspecified atom stereocenters. The van der Waals surface area contributed by atoms with Gasteiger partial charge in [0.15, 0.2) is 5.69 Å². The summed E-state index contributed by atoms with van der Waals surface area (Å²) in [5, 5.41) is 7.29. The maximum absolute atomic E-state index is 11.8. The Morgan fingerprint density at radius 3 is 2.88 bits per heavy atom. The van der Waals surface area contributed by atoms with E-state index in [1.807, 2.05) is 0 Å². The number of aryl methyl sites for hydroxylation is 1. The second kappa shape index (κ2) is 4.89. The van der Waals surface area contributed by atoms with E-state index in [4.69, 9.17) is 11.6 Å². The van der Waals surface area contributed by atoms with Crippen molar-refractivity contribution in [2.75, 3.05) is 5.32 Å². The van der Waals surface area contributed by atoms with Gasteiger partial charge in [-0.25, -0.2) is 0 Å². The number of aromatic nitrogens is 2. The first-order valence-electron chi connectivity index (χ1n) is 4.83. The molecule has 0 saturated carbocycles. The van der Waals surface area contributed by atoms with Crippen LogP contribution in [0.25, 0.3) is 0 Å². The Balaban J connectivity index is 2.21. The number of nitrogens with one attached hydrogen (secondary N) is 1. The Kier molecular flexibility index (Phi) is 3.49. The Hall–Kier alpha value is -1.33. The van der Waals surface area contributed by atoms with Crippen LogP contribution in [0.15, 0.2) is 34.9 Å². The summed E-state index contributed by atoms with van der Waals surface area (Å²) in [5.41, 5.74) is 0.979. The minimum Gasteiger partial charge on any atom is -0.319 e. The van der Waals surface area contributed by atoms with Crippen LogP contribution in [0.3, 0.4) is 0 Å². The van der Waals surface area contributed by atoms with E-state index in [1.54, 1.807) is 42.2 Å². The molecule has 0 bridgehead atoms. The Morgan fingerprint density at radius 2 is 2.24 bits per heavy atom. The largest absolute Gasteiger partial charge is 0.319 e. The van der Waals surface area contributed by atoms with E-state index >= 15 is 0 Å². The predicted molar refractivity (Wildman–Crippen MR) is 70.3 cm³/mol. The van der Waals surface area contributed by atoms with Gasteiger partial charge in [-0.2, -0.15) is 5.10 Å². The van der Waals surface area contributed by atoms with E-state index in [2.05, 4.69) is 26.3 Å². The van der Waals surface area contributed by atoms with Gasteiger partial charge in [-0.1, -0.05) is 17.7 Å². The van der Waals surface area contributed by atoms with Crippen molar-refractivity contribution in [1.29, 1.82) is 0 Å². The molecule has 1 N–H and O–H groups in total. The number of benzene rings is 1. The lowest BCUT2D eigenvalue weighted by Crippen LogP contribution is -2.13. The van der Waals surface area contributed by atoms with Crippen molar-refractivity contribution in [3.63, 3.8) is 0 Å². The molecule has 0 radical (unpaired) electrons. The van der Waals surface area contributed by atoms with Crippen LogP contribution in [0.2, 0.25) is 5.02 Å². The summed E-state index contributed by atoms with van der Waals surface area (Å²) in [7, 11) is 1.76. The molecule has 2 aromatic rings. The van der Waals surface area contributed by atoms with Crippen LogP contribution in [0.5, 0.6) is 0 Å².